The fraction of sp³-hybridized carbons (Fsp3) is 1.00. The van der Waals surface area contributed by atoms with Crippen LogP contribution in [0.4, 0.5) is 0 Å². The molecule has 1 heterocycles. The van der Waals surface area contributed by atoms with Crippen LogP contribution in [-0.4, -0.2) is 61.5 Å². The molecule has 114 valence electrons. The molecule has 0 aromatic rings. The standard InChI is InChI=1S/C15H32N2O2/c1-13(2)16-11-15(3,4)12-17-7-5-14(6-8-17)19-10-9-18/h13-14,16,18H,5-12H2,1-4H3. The molecule has 0 atom stereocenters. The highest BCUT2D eigenvalue weighted by molar-refractivity contribution is 4.80. The molecule has 1 saturated heterocycles. The summed E-state index contributed by atoms with van der Waals surface area (Å²) in [5, 5.41) is 12.3. The first-order chi connectivity index (χ1) is 8.93. The lowest BCUT2D eigenvalue weighted by atomic mass is 9.91. The molecule has 0 radical (unpaired) electrons. The minimum atomic E-state index is 0.133. The molecule has 1 rings (SSSR count). The normalized spacial score (nSPS) is 19.3. The van der Waals surface area contributed by atoms with Gasteiger partial charge in [0.25, 0.3) is 0 Å². The summed E-state index contributed by atoms with van der Waals surface area (Å²) in [6.07, 6.45) is 2.53. The van der Waals surface area contributed by atoms with Crippen LogP contribution in [0.3, 0.4) is 0 Å². The average molecular weight is 272 g/mol. The molecule has 1 aliphatic heterocycles. The van der Waals surface area contributed by atoms with E-state index in [0.29, 0.717) is 24.2 Å². The van der Waals surface area contributed by atoms with Gasteiger partial charge in [0.2, 0.25) is 0 Å². The second-order valence-corrected chi connectivity index (χ2v) is 6.77. The van der Waals surface area contributed by atoms with Crippen LogP contribution in [0.2, 0.25) is 0 Å². The van der Waals surface area contributed by atoms with Gasteiger partial charge in [0, 0.05) is 32.2 Å². The maximum Gasteiger partial charge on any atom is 0.0701 e. The van der Waals surface area contributed by atoms with E-state index in [9.17, 15) is 0 Å². The Bertz CT molecular complexity index is 236. The van der Waals surface area contributed by atoms with Crippen LogP contribution in [0.1, 0.15) is 40.5 Å². The number of aliphatic hydroxyl groups excluding tert-OH is 1. The van der Waals surface area contributed by atoms with Crippen molar-refractivity contribution in [3.8, 4) is 0 Å². The van der Waals surface area contributed by atoms with Gasteiger partial charge in [-0.3, -0.25) is 0 Å². The number of hydrogen-bond donors (Lipinski definition) is 2. The lowest BCUT2D eigenvalue weighted by Gasteiger charge is -2.37. The van der Waals surface area contributed by atoms with Gasteiger partial charge in [0.1, 0.15) is 0 Å². The number of nitrogens with one attached hydrogen (secondary N) is 1. The van der Waals surface area contributed by atoms with Gasteiger partial charge in [0.05, 0.1) is 19.3 Å². The third-order valence-electron chi connectivity index (χ3n) is 3.62. The van der Waals surface area contributed by atoms with Gasteiger partial charge in [-0.1, -0.05) is 27.7 Å². The largest absolute Gasteiger partial charge is 0.394 e. The fourth-order valence-corrected chi connectivity index (χ4v) is 2.60. The first-order valence-electron chi connectivity index (χ1n) is 7.61. The molecule has 0 amide bonds. The van der Waals surface area contributed by atoms with Crippen molar-refractivity contribution in [1.82, 2.24) is 10.2 Å². The van der Waals surface area contributed by atoms with Crippen molar-refractivity contribution < 1.29 is 9.84 Å². The lowest BCUT2D eigenvalue weighted by Crippen LogP contribution is -2.46. The monoisotopic (exact) mass is 272 g/mol. The Balaban J connectivity index is 2.23. The first kappa shape index (κ1) is 16.9. The van der Waals surface area contributed by atoms with E-state index in [1.807, 2.05) is 0 Å². The highest BCUT2D eigenvalue weighted by Gasteiger charge is 2.25. The van der Waals surface area contributed by atoms with Crippen LogP contribution in [-0.2, 0) is 4.74 Å². The van der Waals surface area contributed by atoms with Gasteiger partial charge >= 0.3 is 0 Å². The van der Waals surface area contributed by atoms with Crippen LogP contribution < -0.4 is 5.32 Å². The summed E-state index contributed by atoms with van der Waals surface area (Å²) in [4.78, 5) is 2.54. The Labute approximate surface area is 118 Å². The summed E-state index contributed by atoms with van der Waals surface area (Å²) >= 11 is 0. The van der Waals surface area contributed by atoms with Gasteiger partial charge < -0.3 is 20.1 Å². The minimum absolute atomic E-state index is 0.133. The third-order valence-corrected chi connectivity index (χ3v) is 3.62. The molecule has 4 heteroatoms. The van der Waals surface area contributed by atoms with Crippen molar-refractivity contribution in [3.05, 3.63) is 0 Å². The zero-order valence-electron chi connectivity index (χ0n) is 13.1. The van der Waals surface area contributed by atoms with Crippen LogP contribution in [0, 0.1) is 5.41 Å². The van der Waals surface area contributed by atoms with E-state index in [0.717, 1.165) is 39.0 Å². The van der Waals surface area contributed by atoms with Crippen molar-refractivity contribution in [3.63, 3.8) is 0 Å². The first-order valence-corrected chi connectivity index (χ1v) is 7.61. The highest BCUT2D eigenvalue weighted by Crippen LogP contribution is 2.20. The van der Waals surface area contributed by atoms with E-state index in [1.165, 1.54) is 0 Å². The molecule has 0 bridgehead atoms. The molecule has 0 saturated carbocycles. The predicted molar refractivity (Wildman–Crippen MR) is 79.4 cm³/mol. The molecular weight excluding hydrogens is 240 g/mol. The Morgan fingerprint density at radius 1 is 1.32 bits per heavy atom. The topological polar surface area (TPSA) is 44.7 Å². The molecule has 2 N–H and O–H groups in total. The maximum atomic E-state index is 8.76. The van der Waals surface area contributed by atoms with E-state index >= 15 is 0 Å². The summed E-state index contributed by atoms with van der Waals surface area (Å²) < 4.78 is 5.60. The summed E-state index contributed by atoms with van der Waals surface area (Å²) in [7, 11) is 0. The predicted octanol–water partition coefficient (Wildman–Crippen LogP) is 1.48. The van der Waals surface area contributed by atoms with E-state index in [4.69, 9.17) is 9.84 Å². The molecule has 19 heavy (non-hydrogen) atoms. The molecule has 1 fully saturated rings. The summed E-state index contributed by atoms with van der Waals surface area (Å²) in [5.41, 5.74) is 0.309. The highest BCUT2D eigenvalue weighted by atomic mass is 16.5. The number of rotatable bonds is 8. The zero-order valence-corrected chi connectivity index (χ0v) is 13.1. The van der Waals surface area contributed by atoms with Gasteiger partial charge in [-0.15, -0.1) is 0 Å². The third kappa shape index (κ3) is 7.25. The molecule has 0 unspecified atom stereocenters. The summed E-state index contributed by atoms with van der Waals surface area (Å²) in [6, 6.07) is 0.553. The summed E-state index contributed by atoms with van der Waals surface area (Å²) in [6.45, 7) is 14.1. The molecular formula is C15H32N2O2. The SMILES string of the molecule is CC(C)NCC(C)(C)CN1CCC(OCCO)CC1. The quantitative estimate of drug-likeness (QED) is 0.702. The van der Waals surface area contributed by atoms with Crippen molar-refractivity contribution in [1.29, 1.82) is 0 Å². The van der Waals surface area contributed by atoms with Crippen LogP contribution in [0.15, 0.2) is 0 Å². The second kappa shape index (κ2) is 8.20. The van der Waals surface area contributed by atoms with Crippen LogP contribution in [0.5, 0.6) is 0 Å². The van der Waals surface area contributed by atoms with Gasteiger partial charge in [-0.2, -0.15) is 0 Å². The second-order valence-electron chi connectivity index (χ2n) is 6.77. The van der Waals surface area contributed by atoms with Crippen LogP contribution >= 0.6 is 0 Å². The molecule has 4 nitrogen and oxygen atoms in total. The number of piperidine rings is 1. The van der Waals surface area contributed by atoms with E-state index in [-0.39, 0.29) is 6.61 Å². The molecule has 0 aliphatic carbocycles. The van der Waals surface area contributed by atoms with Gasteiger partial charge in [0.15, 0.2) is 0 Å². The average Bonchev–Trinajstić information content (AvgIpc) is 2.35. The number of hydrogen-bond acceptors (Lipinski definition) is 4. The lowest BCUT2D eigenvalue weighted by molar-refractivity contribution is -0.0130. The number of aliphatic hydroxyl groups is 1. The maximum absolute atomic E-state index is 8.76. The molecule has 0 aromatic heterocycles. The van der Waals surface area contributed by atoms with Crippen molar-refractivity contribution in [2.75, 3.05) is 39.4 Å². The number of ether oxygens (including phenoxy) is 1. The van der Waals surface area contributed by atoms with Crippen LogP contribution in [0.25, 0.3) is 0 Å². The Hall–Kier alpha value is -0.160. The van der Waals surface area contributed by atoms with E-state index in [2.05, 4.69) is 37.9 Å². The number of likely N-dealkylation sites (tertiary alicyclic amines) is 1. The Morgan fingerprint density at radius 3 is 2.47 bits per heavy atom. The number of nitrogens with zero attached hydrogens (tertiary/aromatic N) is 1. The smallest absolute Gasteiger partial charge is 0.0701 e. The van der Waals surface area contributed by atoms with Gasteiger partial charge in [-0.25, -0.2) is 0 Å². The summed E-state index contributed by atoms with van der Waals surface area (Å²) in [5.74, 6) is 0. The molecule has 0 spiro atoms. The van der Waals surface area contributed by atoms with Crippen molar-refractivity contribution in [2.45, 2.75) is 52.7 Å². The van der Waals surface area contributed by atoms with E-state index < -0.39 is 0 Å². The molecule has 1 aliphatic rings. The van der Waals surface area contributed by atoms with Gasteiger partial charge in [-0.05, 0) is 18.3 Å². The van der Waals surface area contributed by atoms with E-state index in [1.54, 1.807) is 0 Å². The minimum Gasteiger partial charge on any atom is -0.394 e. The van der Waals surface area contributed by atoms with Crippen molar-refractivity contribution in [2.24, 2.45) is 5.41 Å². The Morgan fingerprint density at radius 2 is 1.95 bits per heavy atom. The Kier molecular flexibility index (Phi) is 7.29. The fourth-order valence-electron chi connectivity index (χ4n) is 2.60. The zero-order chi connectivity index (χ0) is 14.3. The van der Waals surface area contributed by atoms with Crippen molar-refractivity contribution >= 4 is 0 Å². The molecule has 0 aromatic carbocycles.